The Balaban J connectivity index is 1.36. The van der Waals surface area contributed by atoms with E-state index in [2.05, 4.69) is 5.32 Å². The Morgan fingerprint density at radius 2 is 1.84 bits per heavy atom. The molecule has 4 atom stereocenters. The highest BCUT2D eigenvalue weighted by atomic mass is 19.4. The summed E-state index contributed by atoms with van der Waals surface area (Å²) in [7, 11) is 0. The van der Waals surface area contributed by atoms with Crippen LogP contribution in [0.1, 0.15) is 42.4 Å². The van der Waals surface area contributed by atoms with Gasteiger partial charge in [0.2, 0.25) is 5.91 Å². The minimum absolute atomic E-state index is 0.128. The van der Waals surface area contributed by atoms with Crippen LogP contribution in [0.5, 0.6) is 0 Å². The van der Waals surface area contributed by atoms with Gasteiger partial charge in [0, 0.05) is 37.7 Å². The topological polar surface area (TPSA) is 41.6 Å². The maximum absolute atomic E-state index is 13.3. The van der Waals surface area contributed by atoms with Gasteiger partial charge in [0.15, 0.2) is 0 Å². The third-order valence-electron chi connectivity index (χ3n) is 6.87. The Morgan fingerprint density at radius 3 is 2.56 bits per heavy atom. The molecule has 1 aliphatic carbocycles. The number of nitrogens with zero attached hydrogens (tertiary/aromatic N) is 1. The standard InChI is InChI=1S/C22H26F6N2O2/c23-21(24,25)16-3-1-13-5-7-30(11-15(13)9-16)20(31)14-2-4-17(10-14)29-19-6-8-32-12-18(19)22(26,27)28/h1,3,9,14,17-19,29H,2,4-8,10-12H2/t14-,17?,18?,19?/m0/s1. The first-order chi connectivity index (χ1) is 15.0. The van der Waals surface area contributed by atoms with Gasteiger partial charge in [0.05, 0.1) is 18.1 Å². The number of carbonyl (C=O) groups is 1. The number of hydrogen-bond donors (Lipinski definition) is 1. The number of hydrogen-bond acceptors (Lipinski definition) is 3. The zero-order valence-corrected chi connectivity index (χ0v) is 17.4. The van der Waals surface area contributed by atoms with Crippen LogP contribution >= 0.6 is 0 Å². The lowest BCUT2D eigenvalue weighted by Crippen LogP contribution is -2.52. The lowest BCUT2D eigenvalue weighted by atomic mass is 9.93. The monoisotopic (exact) mass is 464 g/mol. The van der Waals surface area contributed by atoms with Crippen molar-refractivity contribution >= 4 is 5.91 Å². The van der Waals surface area contributed by atoms with Crippen LogP contribution in [-0.2, 0) is 28.7 Å². The molecule has 3 unspecified atom stereocenters. The summed E-state index contributed by atoms with van der Waals surface area (Å²) in [5.41, 5.74) is 0.583. The lowest BCUT2D eigenvalue weighted by molar-refractivity contribution is -0.208. The number of nitrogens with one attached hydrogen (secondary N) is 1. The fourth-order valence-corrected chi connectivity index (χ4v) is 5.10. The smallest absolute Gasteiger partial charge is 0.381 e. The molecule has 4 nitrogen and oxygen atoms in total. The molecule has 1 saturated carbocycles. The maximum atomic E-state index is 13.3. The van der Waals surface area contributed by atoms with Crippen molar-refractivity contribution in [1.29, 1.82) is 0 Å². The number of benzene rings is 1. The molecular formula is C22H26F6N2O2. The van der Waals surface area contributed by atoms with Crippen molar-refractivity contribution in [2.24, 2.45) is 11.8 Å². The van der Waals surface area contributed by atoms with Crippen LogP contribution in [0.3, 0.4) is 0 Å². The molecule has 178 valence electrons. The molecule has 32 heavy (non-hydrogen) atoms. The van der Waals surface area contributed by atoms with Gasteiger partial charge in [-0.3, -0.25) is 4.79 Å². The average Bonchev–Trinajstić information content (AvgIpc) is 3.20. The Hall–Kier alpha value is -1.81. The quantitative estimate of drug-likeness (QED) is 0.678. The summed E-state index contributed by atoms with van der Waals surface area (Å²) < 4.78 is 84.0. The van der Waals surface area contributed by atoms with Crippen LogP contribution in [0.15, 0.2) is 18.2 Å². The van der Waals surface area contributed by atoms with Crippen LogP contribution in [0.25, 0.3) is 0 Å². The molecule has 2 aliphatic heterocycles. The number of ether oxygens (including phenoxy) is 1. The minimum atomic E-state index is -4.44. The second-order valence-electron chi connectivity index (χ2n) is 8.98. The van der Waals surface area contributed by atoms with Crippen LogP contribution in [0.4, 0.5) is 26.3 Å². The van der Waals surface area contributed by atoms with Gasteiger partial charge < -0.3 is 15.0 Å². The van der Waals surface area contributed by atoms with E-state index < -0.39 is 29.9 Å². The third-order valence-corrected chi connectivity index (χ3v) is 6.87. The molecule has 0 aromatic heterocycles. The zero-order valence-electron chi connectivity index (χ0n) is 17.4. The number of amides is 1. The Kier molecular flexibility index (Phi) is 6.46. The van der Waals surface area contributed by atoms with E-state index in [0.29, 0.717) is 37.8 Å². The number of carbonyl (C=O) groups excluding carboxylic acids is 1. The Labute approximate surface area is 182 Å². The number of alkyl halides is 6. The first kappa shape index (κ1) is 23.4. The van der Waals surface area contributed by atoms with E-state index in [1.54, 1.807) is 4.90 Å². The highest BCUT2D eigenvalue weighted by Crippen LogP contribution is 2.36. The van der Waals surface area contributed by atoms with Gasteiger partial charge in [-0.25, -0.2) is 0 Å². The third kappa shape index (κ3) is 5.06. The largest absolute Gasteiger partial charge is 0.416 e. The minimum Gasteiger partial charge on any atom is -0.381 e. The van der Waals surface area contributed by atoms with Gasteiger partial charge in [-0.1, -0.05) is 6.07 Å². The van der Waals surface area contributed by atoms with E-state index in [-0.39, 0.29) is 44.0 Å². The zero-order chi connectivity index (χ0) is 23.1. The first-order valence-electron chi connectivity index (χ1n) is 10.9. The molecule has 0 radical (unpaired) electrons. The molecule has 1 saturated heterocycles. The van der Waals surface area contributed by atoms with Crippen LogP contribution < -0.4 is 5.32 Å². The molecule has 1 N–H and O–H groups in total. The van der Waals surface area contributed by atoms with Crippen molar-refractivity contribution in [3.8, 4) is 0 Å². The van der Waals surface area contributed by atoms with Gasteiger partial charge >= 0.3 is 12.4 Å². The van der Waals surface area contributed by atoms with Crippen molar-refractivity contribution in [1.82, 2.24) is 10.2 Å². The molecule has 1 amide bonds. The van der Waals surface area contributed by atoms with Gasteiger partial charge in [0.1, 0.15) is 0 Å². The number of halogens is 6. The summed E-state index contributed by atoms with van der Waals surface area (Å²) in [6.45, 7) is 0.473. The summed E-state index contributed by atoms with van der Waals surface area (Å²) in [6, 6.07) is 2.72. The van der Waals surface area contributed by atoms with Crippen LogP contribution in [0, 0.1) is 11.8 Å². The Morgan fingerprint density at radius 1 is 1.06 bits per heavy atom. The summed E-state index contributed by atoms with van der Waals surface area (Å²) in [5.74, 6) is -2.02. The van der Waals surface area contributed by atoms with Crippen molar-refractivity contribution in [2.75, 3.05) is 19.8 Å². The molecule has 1 aromatic rings. The molecule has 3 aliphatic rings. The van der Waals surface area contributed by atoms with E-state index in [1.165, 1.54) is 6.07 Å². The fourth-order valence-electron chi connectivity index (χ4n) is 5.10. The van der Waals surface area contributed by atoms with Gasteiger partial charge in [-0.2, -0.15) is 26.3 Å². The molecule has 2 fully saturated rings. The molecular weight excluding hydrogens is 438 g/mol. The lowest BCUT2D eigenvalue weighted by Gasteiger charge is -2.35. The molecule has 0 bridgehead atoms. The second-order valence-corrected chi connectivity index (χ2v) is 8.98. The summed E-state index contributed by atoms with van der Waals surface area (Å²) in [5, 5.41) is 3.11. The Bertz CT molecular complexity index is 841. The van der Waals surface area contributed by atoms with Crippen molar-refractivity contribution < 1.29 is 35.9 Å². The summed E-state index contributed by atoms with van der Waals surface area (Å²) in [4.78, 5) is 14.6. The van der Waals surface area contributed by atoms with E-state index in [4.69, 9.17) is 4.74 Å². The van der Waals surface area contributed by atoms with Crippen LogP contribution in [-0.4, -0.2) is 48.8 Å². The maximum Gasteiger partial charge on any atom is 0.416 e. The van der Waals surface area contributed by atoms with Gasteiger partial charge in [-0.05, 0) is 55.4 Å². The predicted molar refractivity (Wildman–Crippen MR) is 104 cm³/mol. The second kappa shape index (κ2) is 8.85. The molecule has 2 heterocycles. The number of rotatable bonds is 3. The van der Waals surface area contributed by atoms with E-state index in [1.807, 2.05) is 0 Å². The van der Waals surface area contributed by atoms with Crippen molar-refractivity contribution in [2.45, 2.75) is 63.1 Å². The summed E-state index contributed by atoms with van der Waals surface area (Å²) >= 11 is 0. The fraction of sp³-hybridized carbons (Fsp3) is 0.682. The molecule has 10 heteroatoms. The summed E-state index contributed by atoms with van der Waals surface area (Å²) in [6.07, 6.45) is -6.44. The highest BCUT2D eigenvalue weighted by Gasteiger charge is 2.47. The average molecular weight is 464 g/mol. The van der Waals surface area contributed by atoms with Gasteiger partial charge in [-0.15, -0.1) is 0 Å². The van der Waals surface area contributed by atoms with Crippen molar-refractivity contribution in [3.05, 3.63) is 34.9 Å². The van der Waals surface area contributed by atoms with E-state index in [9.17, 15) is 31.1 Å². The molecule has 4 rings (SSSR count). The predicted octanol–water partition coefficient (Wildman–Crippen LogP) is 4.32. The normalized spacial score (nSPS) is 29.1. The SMILES string of the molecule is O=C([C@H]1CCC(NC2CCOCC2C(F)(F)F)C1)N1CCc2ccc(C(F)(F)F)cc2C1. The first-order valence-corrected chi connectivity index (χ1v) is 10.9. The molecule has 0 spiro atoms. The van der Waals surface area contributed by atoms with Gasteiger partial charge in [0.25, 0.3) is 0 Å². The molecule has 1 aromatic carbocycles. The van der Waals surface area contributed by atoms with Crippen LogP contribution in [0.2, 0.25) is 0 Å². The van der Waals surface area contributed by atoms with E-state index >= 15 is 0 Å². The highest BCUT2D eigenvalue weighted by molar-refractivity contribution is 5.79. The van der Waals surface area contributed by atoms with E-state index in [0.717, 1.165) is 17.7 Å². The number of fused-ring (bicyclic) bond motifs is 1. The van der Waals surface area contributed by atoms with Crippen molar-refractivity contribution in [3.63, 3.8) is 0 Å².